The van der Waals surface area contributed by atoms with Crippen molar-refractivity contribution in [2.45, 2.75) is 26.8 Å². The zero-order chi connectivity index (χ0) is 14.3. The van der Waals surface area contributed by atoms with Crippen LogP contribution in [-0.2, 0) is 14.4 Å². The lowest BCUT2D eigenvalue weighted by atomic mass is 9.86. The van der Waals surface area contributed by atoms with E-state index in [-0.39, 0.29) is 13.4 Å². The molecule has 7 heteroatoms. The number of carboxylic acids is 1. The SMILES string of the molecule is [2H]CC(C)(C)[C@H](NC(=O)CN)C(=O)NCC(=O)O. The fourth-order valence-corrected chi connectivity index (χ4v) is 1.10. The Hall–Kier alpha value is -1.63. The average Bonchev–Trinajstić information content (AvgIpc) is 2.32. The fourth-order valence-electron chi connectivity index (χ4n) is 1.10. The van der Waals surface area contributed by atoms with E-state index in [1.807, 2.05) is 0 Å². The molecule has 0 saturated heterocycles. The number of aliphatic carboxylic acids is 1. The minimum absolute atomic E-state index is 0.108. The Morgan fingerprint density at radius 2 is 2.06 bits per heavy atom. The third-order valence-corrected chi connectivity index (χ3v) is 1.95. The molecule has 17 heavy (non-hydrogen) atoms. The summed E-state index contributed by atoms with van der Waals surface area (Å²) in [5.41, 5.74) is 4.32. The summed E-state index contributed by atoms with van der Waals surface area (Å²) in [6, 6.07) is -0.995. The molecule has 0 aromatic carbocycles. The second-order valence-electron chi connectivity index (χ2n) is 4.30. The number of carbonyl (C=O) groups excluding carboxylic acids is 2. The van der Waals surface area contributed by atoms with Crippen LogP contribution in [0.15, 0.2) is 0 Å². The number of nitrogens with two attached hydrogens (primary N) is 1. The molecule has 0 aliphatic rings. The van der Waals surface area contributed by atoms with Crippen molar-refractivity contribution in [1.29, 1.82) is 0 Å². The zero-order valence-electron chi connectivity index (χ0n) is 10.9. The zero-order valence-corrected chi connectivity index (χ0v) is 9.95. The summed E-state index contributed by atoms with van der Waals surface area (Å²) in [5.74, 6) is -2.36. The monoisotopic (exact) mass is 246 g/mol. The number of nitrogens with one attached hydrogen (secondary N) is 2. The normalized spacial score (nSPS) is 13.5. The third kappa shape index (κ3) is 5.86. The van der Waals surface area contributed by atoms with E-state index in [0.29, 0.717) is 0 Å². The first-order valence-corrected chi connectivity index (χ1v) is 5.02. The highest BCUT2D eigenvalue weighted by atomic mass is 16.4. The maximum Gasteiger partial charge on any atom is 0.322 e. The second-order valence-corrected chi connectivity index (χ2v) is 4.30. The predicted octanol–water partition coefficient (Wildman–Crippen LogP) is -1.32. The van der Waals surface area contributed by atoms with Crippen LogP contribution in [0.25, 0.3) is 0 Å². The number of hydrogen-bond donors (Lipinski definition) is 4. The van der Waals surface area contributed by atoms with E-state index in [9.17, 15) is 14.4 Å². The third-order valence-electron chi connectivity index (χ3n) is 1.95. The Labute approximate surface area is 101 Å². The molecule has 2 amide bonds. The van der Waals surface area contributed by atoms with Crippen LogP contribution in [-0.4, -0.2) is 42.0 Å². The van der Waals surface area contributed by atoms with Gasteiger partial charge in [0.15, 0.2) is 0 Å². The molecule has 0 rings (SSSR count). The van der Waals surface area contributed by atoms with E-state index in [1.165, 1.54) is 0 Å². The van der Waals surface area contributed by atoms with E-state index in [1.54, 1.807) is 13.8 Å². The molecule has 5 N–H and O–H groups in total. The summed E-state index contributed by atoms with van der Waals surface area (Å²) < 4.78 is 7.37. The van der Waals surface area contributed by atoms with Gasteiger partial charge in [-0.1, -0.05) is 20.7 Å². The van der Waals surface area contributed by atoms with Gasteiger partial charge in [-0.15, -0.1) is 0 Å². The molecule has 0 aliphatic heterocycles. The van der Waals surface area contributed by atoms with Crippen LogP contribution in [0.1, 0.15) is 22.1 Å². The second kappa shape index (κ2) is 6.19. The molecular weight excluding hydrogens is 226 g/mol. The first-order valence-electron chi connectivity index (χ1n) is 5.73. The van der Waals surface area contributed by atoms with Crippen LogP contribution in [0.5, 0.6) is 0 Å². The van der Waals surface area contributed by atoms with E-state index >= 15 is 0 Å². The molecule has 7 nitrogen and oxygen atoms in total. The van der Waals surface area contributed by atoms with Gasteiger partial charge in [0.2, 0.25) is 11.8 Å². The van der Waals surface area contributed by atoms with E-state index in [0.717, 1.165) is 0 Å². The average molecular weight is 246 g/mol. The predicted molar refractivity (Wildman–Crippen MR) is 61.1 cm³/mol. The van der Waals surface area contributed by atoms with Crippen LogP contribution in [0.4, 0.5) is 0 Å². The molecule has 0 fully saturated rings. The molecule has 0 aromatic rings. The van der Waals surface area contributed by atoms with Crippen molar-refractivity contribution in [3.05, 3.63) is 0 Å². The lowest BCUT2D eigenvalue weighted by Crippen LogP contribution is -2.55. The Morgan fingerprint density at radius 3 is 2.47 bits per heavy atom. The van der Waals surface area contributed by atoms with Crippen molar-refractivity contribution in [1.82, 2.24) is 10.6 Å². The van der Waals surface area contributed by atoms with Gasteiger partial charge in [0.1, 0.15) is 12.6 Å². The molecule has 0 unspecified atom stereocenters. The van der Waals surface area contributed by atoms with Crippen molar-refractivity contribution in [2.24, 2.45) is 11.1 Å². The highest BCUT2D eigenvalue weighted by Gasteiger charge is 2.32. The molecule has 1 atom stereocenters. The van der Waals surface area contributed by atoms with Crippen molar-refractivity contribution in [2.75, 3.05) is 13.1 Å². The summed E-state index contributed by atoms with van der Waals surface area (Å²) in [4.78, 5) is 33.4. The van der Waals surface area contributed by atoms with Gasteiger partial charge in [0.05, 0.1) is 6.54 Å². The van der Waals surface area contributed by atoms with Gasteiger partial charge in [-0.2, -0.15) is 0 Å². The molecule has 98 valence electrons. The molecule has 0 saturated carbocycles. The van der Waals surface area contributed by atoms with E-state index in [2.05, 4.69) is 10.6 Å². The number of amides is 2. The fraction of sp³-hybridized carbons (Fsp3) is 0.700. The summed E-state index contributed by atoms with van der Waals surface area (Å²) >= 11 is 0. The lowest BCUT2D eigenvalue weighted by molar-refractivity contribution is -0.139. The van der Waals surface area contributed by atoms with Crippen LogP contribution in [0.3, 0.4) is 0 Å². The van der Waals surface area contributed by atoms with Crippen molar-refractivity contribution in [3.8, 4) is 0 Å². The maximum absolute atomic E-state index is 11.8. The van der Waals surface area contributed by atoms with Crippen molar-refractivity contribution >= 4 is 17.8 Å². The minimum Gasteiger partial charge on any atom is -0.480 e. The van der Waals surface area contributed by atoms with Gasteiger partial charge in [-0.05, 0) is 5.41 Å². The molecule has 0 spiro atoms. The van der Waals surface area contributed by atoms with Crippen molar-refractivity contribution in [3.63, 3.8) is 0 Å². The Bertz CT molecular complexity index is 333. The van der Waals surface area contributed by atoms with Crippen LogP contribution in [0.2, 0.25) is 0 Å². The van der Waals surface area contributed by atoms with Crippen LogP contribution < -0.4 is 16.4 Å². The maximum atomic E-state index is 11.8. The minimum atomic E-state index is -1.18. The van der Waals surface area contributed by atoms with Gasteiger partial charge in [0, 0.05) is 1.37 Å². The van der Waals surface area contributed by atoms with Crippen LogP contribution >= 0.6 is 0 Å². The van der Waals surface area contributed by atoms with Crippen LogP contribution in [0, 0.1) is 5.41 Å². The molecule has 0 aliphatic carbocycles. The first-order chi connectivity index (χ1) is 8.24. The number of rotatable bonds is 5. The van der Waals surface area contributed by atoms with Gasteiger partial charge in [-0.25, -0.2) is 0 Å². The highest BCUT2D eigenvalue weighted by Crippen LogP contribution is 2.19. The molecule has 0 bridgehead atoms. The van der Waals surface area contributed by atoms with Gasteiger partial charge < -0.3 is 21.5 Å². The van der Waals surface area contributed by atoms with Crippen molar-refractivity contribution < 1.29 is 20.9 Å². The Morgan fingerprint density at radius 1 is 1.47 bits per heavy atom. The topological polar surface area (TPSA) is 122 Å². The number of carbonyl (C=O) groups is 3. The number of carboxylic acid groups (broad SMARTS) is 1. The molecular formula is C10H19N3O4. The summed E-state index contributed by atoms with van der Waals surface area (Å²) in [6.07, 6.45) is 0. The molecule has 0 heterocycles. The van der Waals surface area contributed by atoms with E-state index in [4.69, 9.17) is 12.2 Å². The lowest BCUT2D eigenvalue weighted by Gasteiger charge is -2.30. The quantitative estimate of drug-likeness (QED) is 0.479. The summed E-state index contributed by atoms with van der Waals surface area (Å²) in [7, 11) is 0. The smallest absolute Gasteiger partial charge is 0.322 e. The highest BCUT2D eigenvalue weighted by molar-refractivity contribution is 5.90. The summed E-state index contributed by atoms with van der Waals surface area (Å²) in [6.45, 7) is 2.32. The molecule has 0 aromatic heterocycles. The van der Waals surface area contributed by atoms with Gasteiger partial charge in [0.25, 0.3) is 0 Å². The first kappa shape index (κ1) is 13.4. The largest absolute Gasteiger partial charge is 0.480 e. The standard InChI is InChI=1S/C10H19N3O4/c1-10(2,3)8(13-6(14)4-11)9(17)12-5-7(15)16/h8H,4-5,11H2,1-3H3,(H,12,17)(H,13,14)(H,15,16)/t8-/m1/s1/i1D. The van der Waals surface area contributed by atoms with E-state index < -0.39 is 35.8 Å². The van der Waals surface area contributed by atoms with Gasteiger partial charge >= 0.3 is 5.97 Å². The Balaban J connectivity index is 4.80. The molecule has 0 radical (unpaired) electrons. The summed E-state index contributed by atoms with van der Waals surface area (Å²) in [5, 5.41) is 13.0. The Kier molecular flexibility index (Phi) is 4.89. The number of hydrogen-bond acceptors (Lipinski definition) is 4. The van der Waals surface area contributed by atoms with Gasteiger partial charge in [-0.3, -0.25) is 14.4 Å².